The molecule has 0 radical (unpaired) electrons. The number of unbranched alkanes of at least 4 members (excludes halogenated alkanes) is 3. The zero-order chi connectivity index (χ0) is 11.7. The molecule has 1 nitrogen and oxygen atoms in total. The van der Waals surface area contributed by atoms with Gasteiger partial charge in [0.05, 0.1) is 0 Å². The van der Waals surface area contributed by atoms with Crippen molar-refractivity contribution >= 4 is 5.78 Å². The molecule has 0 heterocycles. The second kappa shape index (κ2) is 8.94. The van der Waals surface area contributed by atoms with E-state index in [4.69, 9.17) is 0 Å². The van der Waals surface area contributed by atoms with Crippen LogP contribution in [0.2, 0.25) is 0 Å². The summed E-state index contributed by atoms with van der Waals surface area (Å²) < 4.78 is 0. The Bertz CT molecular complexity index is 163. The van der Waals surface area contributed by atoms with Crippen LogP contribution in [0.3, 0.4) is 0 Å². The fourth-order valence-electron chi connectivity index (χ4n) is 1.88. The highest BCUT2D eigenvalue weighted by Gasteiger charge is 2.14. The molecule has 0 aliphatic rings. The van der Waals surface area contributed by atoms with Gasteiger partial charge in [-0.15, -0.1) is 0 Å². The number of ketones is 1. The smallest absolute Gasteiger partial charge is 0.132 e. The van der Waals surface area contributed by atoms with E-state index in [1.807, 2.05) is 6.92 Å². The maximum Gasteiger partial charge on any atom is 0.132 e. The summed E-state index contributed by atoms with van der Waals surface area (Å²) in [6.07, 6.45) is 8.12. The predicted molar refractivity (Wildman–Crippen MR) is 67.0 cm³/mol. The second-order valence-electron chi connectivity index (χ2n) is 4.90. The molecule has 0 saturated carbocycles. The summed E-state index contributed by atoms with van der Waals surface area (Å²) in [5, 5.41) is 0. The normalized spacial score (nSPS) is 14.9. The average Bonchev–Trinajstić information content (AvgIpc) is 2.23. The topological polar surface area (TPSA) is 17.1 Å². The SMILES string of the molecule is CCCCCCC(C)C(C)CC(=O)CC. The lowest BCUT2D eigenvalue weighted by Gasteiger charge is -2.18. The van der Waals surface area contributed by atoms with E-state index in [2.05, 4.69) is 20.8 Å². The van der Waals surface area contributed by atoms with Gasteiger partial charge in [-0.3, -0.25) is 4.79 Å². The van der Waals surface area contributed by atoms with Crippen LogP contribution in [0, 0.1) is 11.8 Å². The highest BCUT2D eigenvalue weighted by molar-refractivity contribution is 5.78. The van der Waals surface area contributed by atoms with Crippen molar-refractivity contribution in [1.29, 1.82) is 0 Å². The molecule has 0 bridgehead atoms. The molecular formula is C14H28O. The highest BCUT2D eigenvalue weighted by Crippen LogP contribution is 2.22. The van der Waals surface area contributed by atoms with Crippen molar-refractivity contribution in [1.82, 2.24) is 0 Å². The summed E-state index contributed by atoms with van der Waals surface area (Å²) in [5.74, 6) is 1.69. The number of hydrogen-bond acceptors (Lipinski definition) is 1. The van der Waals surface area contributed by atoms with Crippen LogP contribution in [0.4, 0.5) is 0 Å². The molecule has 0 aromatic rings. The van der Waals surface area contributed by atoms with E-state index >= 15 is 0 Å². The van der Waals surface area contributed by atoms with Crippen molar-refractivity contribution in [3.05, 3.63) is 0 Å². The fourth-order valence-corrected chi connectivity index (χ4v) is 1.88. The van der Waals surface area contributed by atoms with Crippen molar-refractivity contribution in [2.45, 2.75) is 72.6 Å². The lowest BCUT2D eigenvalue weighted by molar-refractivity contribution is -0.119. The number of hydrogen-bond donors (Lipinski definition) is 0. The molecule has 0 amide bonds. The van der Waals surface area contributed by atoms with Crippen LogP contribution in [-0.4, -0.2) is 5.78 Å². The van der Waals surface area contributed by atoms with Gasteiger partial charge in [-0.25, -0.2) is 0 Å². The van der Waals surface area contributed by atoms with E-state index in [9.17, 15) is 4.79 Å². The molecule has 1 heteroatoms. The zero-order valence-electron chi connectivity index (χ0n) is 11.0. The number of rotatable bonds is 9. The van der Waals surface area contributed by atoms with E-state index in [1.54, 1.807) is 0 Å². The molecule has 0 aliphatic heterocycles. The van der Waals surface area contributed by atoms with Gasteiger partial charge in [-0.05, 0) is 11.8 Å². The third-order valence-electron chi connectivity index (χ3n) is 3.43. The zero-order valence-corrected chi connectivity index (χ0v) is 11.0. The van der Waals surface area contributed by atoms with Crippen LogP contribution in [0.1, 0.15) is 72.6 Å². The number of carbonyl (C=O) groups is 1. The summed E-state index contributed by atoms with van der Waals surface area (Å²) in [7, 11) is 0. The van der Waals surface area contributed by atoms with Crippen LogP contribution in [-0.2, 0) is 4.79 Å². The minimum atomic E-state index is 0.419. The average molecular weight is 212 g/mol. The number of carbonyl (C=O) groups excluding carboxylic acids is 1. The Kier molecular flexibility index (Phi) is 8.74. The minimum Gasteiger partial charge on any atom is -0.300 e. The Morgan fingerprint density at radius 2 is 1.67 bits per heavy atom. The summed E-state index contributed by atoms with van der Waals surface area (Å²) >= 11 is 0. The summed E-state index contributed by atoms with van der Waals surface area (Å²) in [4.78, 5) is 11.3. The van der Waals surface area contributed by atoms with Gasteiger partial charge in [0.25, 0.3) is 0 Å². The quantitative estimate of drug-likeness (QED) is 0.511. The van der Waals surface area contributed by atoms with E-state index in [0.29, 0.717) is 24.0 Å². The maximum absolute atomic E-state index is 11.3. The Morgan fingerprint density at radius 1 is 1.00 bits per heavy atom. The monoisotopic (exact) mass is 212 g/mol. The largest absolute Gasteiger partial charge is 0.300 e. The van der Waals surface area contributed by atoms with Crippen LogP contribution < -0.4 is 0 Å². The van der Waals surface area contributed by atoms with Crippen LogP contribution >= 0.6 is 0 Å². The van der Waals surface area contributed by atoms with Gasteiger partial charge in [0, 0.05) is 12.8 Å². The van der Waals surface area contributed by atoms with Gasteiger partial charge in [-0.1, -0.05) is 59.8 Å². The van der Waals surface area contributed by atoms with Gasteiger partial charge in [0.15, 0.2) is 0 Å². The van der Waals surface area contributed by atoms with Crippen molar-refractivity contribution in [3.8, 4) is 0 Å². The molecule has 2 unspecified atom stereocenters. The first kappa shape index (κ1) is 14.7. The van der Waals surface area contributed by atoms with Crippen LogP contribution in [0.15, 0.2) is 0 Å². The third-order valence-corrected chi connectivity index (χ3v) is 3.43. The molecule has 15 heavy (non-hydrogen) atoms. The van der Waals surface area contributed by atoms with Gasteiger partial charge in [0.1, 0.15) is 5.78 Å². The molecule has 0 fully saturated rings. The second-order valence-corrected chi connectivity index (χ2v) is 4.90. The molecule has 0 rings (SSSR count). The molecular weight excluding hydrogens is 184 g/mol. The molecule has 0 N–H and O–H groups in total. The van der Waals surface area contributed by atoms with Crippen molar-refractivity contribution < 1.29 is 4.79 Å². The third kappa shape index (κ3) is 7.58. The minimum absolute atomic E-state index is 0.419. The first-order valence-electron chi connectivity index (χ1n) is 6.63. The Labute approximate surface area is 95.6 Å². The predicted octanol–water partition coefficient (Wildman–Crippen LogP) is 4.60. The molecule has 0 aromatic carbocycles. The molecule has 0 aromatic heterocycles. The van der Waals surface area contributed by atoms with Gasteiger partial charge in [-0.2, -0.15) is 0 Å². The van der Waals surface area contributed by atoms with Crippen LogP contribution in [0.5, 0.6) is 0 Å². The lowest BCUT2D eigenvalue weighted by atomic mass is 9.87. The van der Waals surface area contributed by atoms with Gasteiger partial charge < -0.3 is 0 Å². The number of Topliss-reactive ketones (excluding diaryl/α,β-unsaturated/α-hetero) is 1. The Morgan fingerprint density at radius 3 is 2.20 bits per heavy atom. The first-order valence-corrected chi connectivity index (χ1v) is 6.63. The van der Waals surface area contributed by atoms with Crippen molar-refractivity contribution in [2.24, 2.45) is 11.8 Å². The van der Waals surface area contributed by atoms with Gasteiger partial charge >= 0.3 is 0 Å². The molecule has 90 valence electrons. The van der Waals surface area contributed by atoms with Crippen molar-refractivity contribution in [2.75, 3.05) is 0 Å². The lowest BCUT2D eigenvalue weighted by Crippen LogP contribution is -2.12. The van der Waals surface area contributed by atoms with Crippen molar-refractivity contribution in [3.63, 3.8) is 0 Å². The first-order chi connectivity index (χ1) is 7.11. The Balaban J connectivity index is 3.59. The van der Waals surface area contributed by atoms with E-state index in [0.717, 1.165) is 6.42 Å². The van der Waals surface area contributed by atoms with Crippen LogP contribution in [0.25, 0.3) is 0 Å². The van der Waals surface area contributed by atoms with E-state index in [-0.39, 0.29) is 0 Å². The Hall–Kier alpha value is -0.330. The molecule has 2 atom stereocenters. The summed E-state index contributed by atoms with van der Waals surface area (Å²) in [6, 6.07) is 0. The summed E-state index contributed by atoms with van der Waals surface area (Å²) in [5.41, 5.74) is 0. The molecule has 0 saturated heterocycles. The highest BCUT2D eigenvalue weighted by atomic mass is 16.1. The fraction of sp³-hybridized carbons (Fsp3) is 0.929. The molecule has 0 spiro atoms. The molecule has 0 aliphatic carbocycles. The summed E-state index contributed by atoms with van der Waals surface area (Å²) in [6.45, 7) is 8.71. The van der Waals surface area contributed by atoms with Gasteiger partial charge in [0.2, 0.25) is 0 Å². The standard InChI is InChI=1S/C14H28O/c1-5-7-8-9-10-12(3)13(4)11-14(15)6-2/h12-13H,5-11H2,1-4H3. The van der Waals surface area contributed by atoms with E-state index < -0.39 is 0 Å². The van der Waals surface area contributed by atoms with E-state index in [1.165, 1.54) is 32.1 Å². The maximum atomic E-state index is 11.3.